The zero-order chi connectivity index (χ0) is 17.1. The van der Waals surface area contributed by atoms with Crippen molar-refractivity contribution in [3.05, 3.63) is 53.0 Å². The maximum atomic E-state index is 12.3. The molecule has 0 fully saturated rings. The average Bonchev–Trinajstić information content (AvgIpc) is 3.03. The number of hydrogen-bond donors (Lipinski definition) is 2. The summed E-state index contributed by atoms with van der Waals surface area (Å²) in [7, 11) is 1.57. The van der Waals surface area contributed by atoms with Gasteiger partial charge in [0.05, 0.1) is 6.04 Å². The number of hydrogen-bond acceptors (Lipinski definition) is 4. The van der Waals surface area contributed by atoms with Crippen LogP contribution in [-0.4, -0.2) is 18.9 Å². The highest BCUT2D eigenvalue weighted by molar-refractivity contribution is 5.94. The van der Waals surface area contributed by atoms with Crippen molar-refractivity contribution in [1.82, 2.24) is 5.32 Å². The third-order valence-electron chi connectivity index (χ3n) is 4.04. The molecule has 2 aromatic rings. The Morgan fingerprint density at radius 1 is 1.33 bits per heavy atom. The highest BCUT2D eigenvalue weighted by Crippen LogP contribution is 2.26. The SMILES string of the molecule is COCc1ccc(C(=O)NC(C)c2ccc3c(c2)CCC(=O)N3)o1. The molecule has 6 heteroatoms. The molecular weight excluding hydrogens is 308 g/mol. The van der Waals surface area contributed by atoms with Gasteiger partial charge >= 0.3 is 0 Å². The van der Waals surface area contributed by atoms with Gasteiger partial charge in [-0.05, 0) is 42.7 Å². The Labute approximate surface area is 140 Å². The van der Waals surface area contributed by atoms with Crippen LogP contribution in [-0.2, 0) is 22.6 Å². The minimum Gasteiger partial charge on any atom is -0.453 e. The standard InChI is InChI=1S/C18H20N2O4/c1-11(19-18(22)16-7-5-14(24-16)10-23-2)12-3-6-15-13(9-12)4-8-17(21)20-15/h3,5-7,9,11H,4,8,10H2,1-2H3,(H,19,22)(H,20,21). The summed E-state index contributed by atoms with van der Waals surface area (Å²) < 4.78 is 10.4. The topological polar surface area (TPSA) is 80.6 Å². The summed E-state index contributed by atoms with van der Waals surface area (Å²) in [4.78, 5) is 23.7. The molecule has 0 saturated heterocycles. The second-order valence-corrected chi connectivity index (χ2v) is 5.86. The van der Waals surface area contributed by atoms with E-state index >= 15 is 0 Å². The van der Waals surface area contributed by atoms with Gasteiger partial charge in [0.25, 0.3) is 5.91 Å². The molecule has 2 heterocycles. The molecule has 1 aromatic carbocycles. The summed E-state index contributed by atoms with van der Waals surface area (Å²) in [5.74, 6) is 0.649. The summed E-state index contributed by atoms with van der Waals surface area (Å²) in [5.41, 5.74) is 2.93. The number of furan rings is 1. The third-order valence-corrected chi connectivity index (χ3v) is 4.04. The minimum atomic E-state index is -0.268. The number of fused-ring (bicyclic) bond motifs is 1. The molecule has 1 aliphatic heterocycles. The number of benzene rings is 1. The van der Waals surface area contributed by atoms with Crippen LogP contribution in [0.3, 0.4) is 0 Å². The molecule has 2 amide bonds. The highest BCUT2D eigenvalue weighted by Gasteiger charge is 2.18. The zero-order valence-electron chi connectivity index (χ0n) is 13.7. The number of carbonyl (C=O) groups is 2. The van der Waals surface area contributed by atoms with Crippen molar-refractivity contribution < 1.29 is 18.7 Å². The predicted molar refractivity (Wildman–Crippen MR) is 88.7 cm³/mol. The lowest BCUT2D eigenvalue weighted by molar-refractivity contribution is -0.116. The molecule has 1 unspecified atom stereocenters. The first-order valence-electron chi connectivity index (χ1n) is 7.88. The Balaban J connectivity index is 1.69. The van der Waals surface area contributed by atoms with Crippen molar-refractivity contribution >= 4 is 17.5 Å². The number of aryl methyl sites for hydroxylation is 1. The summed E-state index contributed by atoms with van der Waals surface area (Å²) in [6.07, 6.45) is 1.21. The summed E-state index contributed by atoms with van der Waals surface area (Å²) >= 11 is 0. The maximum absolute atomic E-state index is 12.3. The van der Waals surface area contributed by atoms with E-state index in [0.29, 0.717) is 25.2 Å². The first-order valence-corrected chi connectivity index (χ1v) is 7.88. The number of ether oxygens (including phenoxy) is 1. The van der Waals surface area contributed by atoms with Crippen LogP contribution < -0.4 is 10.6 Å². The number of rotatable bonds is 5. The Morgan fingerprint density at radius 2 is 2.17 bits per heavy atom. The lowest BCUT2D eigenvalue weighted by Gasteiger charge is -2.20. The molecular formula is C18H20N2O4. The monoisotopic (exact) mass is 328 g/mol. The van der Waals surface area contributed by atoms with Gasteiger partial charge in [0.2, 0.25) is 5.91 Å². The molecule has 0 spiro atoms. The van der Waals surface area contributed by atoms with Crippen LogP contribution in [0, 0.1) is 0 Å². The van der Waals surface area contributed by atoms with E-state index < -0.39 is 0 Å². The van der Waals surface area contributed by atoms with Gasteiger partial charge < -0.3 is 19.8 Å². The fraction of sp³-hybridized carbons (Fsp3) is 0.333. The molecule has 1 aliphatic rings. The quantitative estimate of drug-likeness (QED) is 0.884. The Morgan fingerprint density at radius 3 is 2.96 bits per heavy atom. The molecule has 1 aromatic heterocycles. The molecule has 0 bridgehead atoms. The second kappa shape index (κ2) is 6.88. The zero-order valence-corrected chi connectivity index (χ0v) is 13.7. The predicted octanol–water partition coefficient (Wildman–Crippen LogP) is 2.80. The van der Waals surface area contributed by atoms with E-state index in [0.717, 1.165) is 16.8 Å². The van der Waals surface area contributed by atoms with Crippen molar-refractivity contribution in [2.45, 2.75) is 32.4 Å². The average molecular weight is 328 g/mol. The number of carbonyl (C=O) groups excluding carboxylic acids is 2. The minimum absolute atomic E-state index is 0.0429. The van der Waals surface area contributed by atoms with Gasteiger partial charge in [-0.25, -0.2) is 0 Å². The van der Waals surface area contributed by atoms with Gasteiger partial charge in [-0.2, -0.15) is 0 Å². The van der Waals surface area contributed by atoms with Gasteiger partial charge in [-0.3, -0.25) is 9.59 Å². The van der Waals surface area contributed by atoms with Crippen LogP contribution in [0.15, 0.2) is 34.7 Å². The smallest absolute Gasteiger partial charge is 0.287 e. The van der Waals surface area contributed by atoms with Crippen molar-refractivity contribution in [2.75, 3.05) is 12.4 Å². The lowest BCUT2D eigenvalue weighted by atomic mass is 9.98. The van der Waals surface area contributed by atoms with Crippen LogP contribution >= 0.6 is 0 Å². The normalized spacial score (nSPS) is 14.7. The molecule has 24 heavy (non-hydrogen) atoms. The molecule has 3 rings (SSSR count). The first kappa shape index (κ1) is 16.3. The Bertz CT molecular complexity index is 766. The molecule has 126 valence electrons. The second-order valence-electron chi connectivity index (χ2n) is 5.86. The number of anilines is 1. The number of amides is 2. The van der Waals surface area contributed by atoms with E-state index in [1.165, 1.54) is 0 Å². The van der Waals surface area contributed by atoms with Crippen LogP contribution in [0.1, 0.15) is 46.8 Å². The molecule has 6 nitrogen and oxygen atoms in total. The van der Waals surface area contributed by atoms with Crippen molar-refractivity contribution in [2.24, 2.45) is 0 Å². The van der Waals surface area contributed by atoms with E-state index in [1.807, 2.05) is 25.1 Å². The van der Waals surface area contributed by atoms with Crippen LogP contribution in [0.5, 0.6) is 0 Å². The van der Waals surface area contributed by atoms with E-state index in [1.54, 1.807) is 19.2 Å². The van der Waals surface area contributed by atoms with E-state index in [9.17, 15) is 9.59 Å². The van der Waals surface area contributed by atoms with Gasteiger partial charge in [0.1, 0.15) is 12.4 Å². The van der Waals surface area contributed by atoms with Gasteiger partial charge in [-0.1, -0.05) is 12.1 Å². The lowest BCUT2D eigenvalue weighted by Crippen LogP contribution is -2.26. The fourth-order valence-electron chi connectivity index (χ4n) is 2.74. The maximum Gasteiger partial charge on any atom is 0.287 e. The van der Waals surface area contributed by atoms with Crippen LogP contribution in [0.2, 0.25) is 0 Å². The van der Waals surface area contributed by atoms with Gasteiger partial charge in [0.15, 0.2) is 5.76 Å². The van der Waals surface area contributed by atoms with Crippen molar-refractivity contribution in [3.63, 3.8) is 0 Å². The highest BCUT2D eigenvalue weighted by atomic mass is 16.5. The van der Waals surface area contributed by atoms with Crippen LogP contribution in [0.4, 0.5) is 5.69 Å². The first-order chi connectivity index (χ1) is 11.6. The molecule has 0 radical (unpaired) electrons. The third kappa shape index (κ3) is 3.49. The summed E-state index contributed by atoms with van der Waals surface area (Å²) in [6, 6.07) is 9.01. The fourth-order valence-corrected chi connectivity index (χ4v) is 2.74. The molecule has 0 saturated carbocycles. The largest absolute Gasteiger partial charge is 0.453 e. The molecule has 2 N–H and O–H groups in total. The van der Waals surface area contributed by atoms with Crippen molar-refractivity contribution in [1.29, 1.82) is 0 Å². The van der Waals surface area contributed by atoms with E-state index in [4.69, 9.17) is 9.15 Å². The Hall–Kier alpha value is -2.60. The van der Waals surface area contributed by atoms with E-state index in [2.05, 4.69) is 10.6 Å². The van der Waals surface area contributed by atoms with Crippen molar-refractivity contribution in [3.8, 4) is 0 Å². The van der Waals surface area contributed by atoms with E-state index in [-0.39, 0.29) is 23.6 Å². The number of nitrogens with one attached hydrogen (secondary N) is 2. The number of methoxy groups -OCH3 is 1. The summed E-state index contributed by atoms with van der Waals surface area (Å²) in [5, 5.41) is 5.78. The Kier molecular flexibility index (Phi) is 4.66. The van der Waals surface area contributed by atoms with Crippen LogP contribution in [0.25, 0.3) is 0 Å². The molecule has 1 atom stereocenters. The summed E-state index contributed by atoms with van der Waals surface area (Å²) in [6.45, 7) is 2.25. The van der Waals surface area contributed by atoms with Gasteiger partial charge in [0, 0.05) is 19.2 Å². The molecule has 0 aliphatic carbocycles. The van der Waals surface area contributed by atoms with Gasteiger partial charge in [-0.15, -0.1) is 0 Å².